The molecule has 0 saturated carbocycles. The molecule has 27 heavy (non-hydrogen) atoms. The van der Waals surface area contributed by atoms with Crippen molar-refractivity contribution in [1.29, 1.82) is 0 Å². The molecule has 6 heteroatoms. The van der Waals surface area contributed by atoms with Crippen molar-refractivity contribution in [3.63, 3.8) is 0 Å². The summed E-state index contributed by atoms with van der Waals surface area (Å²) in [6.07, 6.45) is 2.25. The molecule has 1 saturated heterocycles. The molecule has 5 nitrogen and oxygen atoms in total. The molecule has 3 rings (SSSR count). The maximum absolute atomic E-state index is 9.48. The summed E-state index contributed by atoms with van der Waals surface area (Å²) in [6, 6.07) is 10.6. The Balaban J connectivity index is 1.52. The van der Waals surface area contributed by atoms with Gasteiger partial charge in [0.15, 0.2) is 5.96 Å². The number of aliphatic hydroxyl groups excluding tert-OH is 1. The van der Waals surface area contributed by atoms with Crippen LogP contribution in [0, 0.1) is 0 Å². The molecule has 0 aliphatic carbocycles. The minimum atomic E-state index is 0.0538. The summed E-state index contributed by atoms with van der Waals surface area (Å²) in [5.74, 6) is 0.863. The van der Waals surface area contributed by atoms with Crippen molar-refractivity contribution in [2.24, 2.45) is 4.99 Å². The second kappa shape index (κ2) is 10.4. The molecule has 0 spiro atoms. The molecule has 0 atom stereocenters. The van der Waals surface area contributed by atoms with Gasteiger partial charge in [-0.2, -0.15) is 11.3 Å². The van der Waals surface area contributed by atoms with Crippen molar-refractivity contribution >= 4 is 17.3 Å². The lowest BCUT2D eigenvalue weighted by Crippen LogP contribution is -2.48. The molecule has 146 valence electrons. The summed E-state index contributed by atoms with van der Waals surface area (Å²) in [5.41, 5.74) is 3.44. The van der Waals surface area contributed by atoms with E-state index >= 15 is 0 Å². The number of guanidine groups is 1. The highest BCUT2D eigenvalue weighted by Gasteiger charge is 2.20. The van der Waals surface area contributed by atoms with E-state index in [0.717, 1.165) is 56.1 Å². The molecule has 1 fully saturated rings. The summed E-state index contributed by atoms with van der Waals surface area (Å²) >= 11 is 1.77. The van der Waals surface area contributed by atoms with Gasteiger partial charge < -0.3 is 15.7 Å². The number of nitrogens with one attached hydrogen (secondary N) is 2. The van der Waals surface area contributed by atoms with Gasteiger partial charge in [0.1, 0.15) is 0 Å². The van der Waals surface area contributed by atoms with Crippen LogP contribution in [0.2, 0.25) is 0 Å². The van der Waals surface area contributed by atoms with E-state index in [-0.39, 0.29) is 6.61 Å². The monoisotopic (exact) mass is 386 g/mol. The van der Waals surface area contributed by atoms with Crippen molar-refractivity contribution in [1.82, 2.24) is 15.5 Å². The normalized spacial score (nSPS) is 16.4. The largest absolute Gasteiger partial charge is 0.392 e. The number of aliphatic imine (C=N–C) groups is 1. The lowest BCUT2D eigenvalue weighted by Gasteiger charge is -2.33. The van der Waals surface area contributed by atoms with Crippen LogP contribution in [0.25, 0.3) is 0 Å². The average Bonchev–Trinajstić information content (AvgIpc) is 3.21. The zero-order valence-electron chi connectivity index (χ0n) is 16.0. The quantitative estimate of drug-likeness (QED) is 0.506. The van der Waals surface area contributed by atoms with E-state index in [1.807, 2.05) is 24.3 Å². The number of hydrogen-bond acceptors (Lipinski definition) is 4. The molecule has 2 aromatic rings. The van der Waals surface area contributed by atoms with E-state index < -0.39 is 0 Å². The lowest BCUT2D eigenvalue weighted by atomic mass is 10.0. The second-order valence-corrected chi connectivity index (χ2v) is 7.73. The van der Waals surface area contributed by atoms with Gasteiger partial charge in [0, 0.05) is 32.2 Å². The smallest absolute Gasteiger partial charge is 0.191 e. The Morgan fingerprint density at radius 3 is 2.67 bits per heavy atom. The van der Waals surface area contributed by atoms with E-state index in [9.17, 15) is 5.11 Å². The molecule has 0 bridgehead atoms. The maximum atomic E-state index is 9.48. The van der Waals surface area contributed by atoms with E-state index in [0.29, 0.717) is 12.6 Å². The van der Waals surface area contributed by atoms with Gasteiger partial charge in [-0.15, -0.1) is 0 Å². The van der Waals surface area contributed by atoms with Gasteiger partial charge in [-0.05, 0) is 53.3 Å². The number of thiophene rings is 1. The first-order valence-electron chi connectivity index (χ1n) is 9.74. The zero-order valence-corrected chi connectivity index (χ0v) is 16.8. The van der Waals surface area contributed by atoms with Crippen molar-refractivity contribution in [2.75, 3.05) is 19.6 Å². The highest BCUT2D eigenvalue weighted by Crippen LogP contribution is 2.16. The minimum absolute atomic E-state index is 0.0538. The first-order chi connectivity index (χ1) is 13.3. The molecule has 1 aliphatic heterocycles. The zero-order chi connectivity index (χ0) is 18.9. The number of nitrogens with zero attached hydrogens (tertiary/aromatic N) is 2. The van der Waals surface area contributed by atoms with Crippen LogP contribution in [-0.2, 0) is 19.7 Å². The summed E-state index contributed by atoms with van der Waals surface area (Å²) in [6.45, 7) is 6.83. The van der Waals surface area contributed by atoms with Gasteiger partial charge in [0.05, 0.1) is 13.2 Å². The lowest BCUT2D eigenvalue weighted by molar-refractivity contribution is 0.198. The van der Waals surface area contributed by atoms with Gasteiger partial charge in [0.25, 0.3) is 0 Å². The summed E-state index contributed by atoms with van der Waals surface area (Å²) < 4.78 is 0. The Kier molecular flexibility index (Phi) is 7.68. The molecule has 1 aliphatic rings. The predicted molar refractivity (Wildman–Crippen MR) is 113 cm³/mol. The molecule has 1 aromatic heterocycles. The van der Waals surface area contributed by atoms with Crippen LogP contribution < -0.4 is 10.6 Å². The maximum Gasteiger partial charge on any atom is 0.191 e. The van der Waals surface area contributed by atoms with Gasteiger partial charge >= 0.3 is 0 Å². The minimum Gasteiger partial charge on any atom is -0.392 e. The number of rotatable bonds is 7. The Labute approximate surface area is 166 Å². The third-order valence-corrected chi connectivity index (χ3v) is 5.69. The molecule has 0 unspecified atom stereocenters. The van der Waals surface area contributed by atoms with E-state index in [2.05, 4.69) is 39.3 Å². The topological polar surface area (TPSA) is 59.9 Å². The third-order valence-electron chi connectivity index (χ3n) is 4.96. The van der Waals surface area contributed by atoms with Gasteiger partial charge in [-0.3, -0.25) is 4.90 Å². The van der Waals surface area contributed by atoms with Crippen LogP contribution in [0.3, 0.4) is 0 Å². The fourth-order valence-electron chi connectivity index (χ4n) is 3.42. The molecule has 0 amide bonds. The Morgan fingerprint density at radius 1 is 1.22 bits per heavy atom. The van der Waals surface area contributed by atoms with Crippen LogP contribution in [0.4, 0.5) is 0 Å². The van der Waals surface area contributed by atoms with E-state index in [1.165, 1.54) is 5.56 Å². The SMILES string of the molecule is CCNC(=NCc1ccccc1CO)NC1CCN(Cc2ccsc2)CC1. The fraction of sp³-hybridized carbons (Fsp3) is 0.476. The highest BCUT2D eigenvalue weighted by molar-refractivity contribution is 7.07. The van der Waals surface area contributed by atoms with Crippen molar-refractivity contribution in [3.05, 3.63) is 57.8 Å². The Bertz CT molecular complexity index is 709. The molecular formula is C21H30N4OS. The number of piperidine rings is 1. The van der Waals surface area contributed by atoms with Crippen molar-refractivity contribution < 1.29 is 5.11 Å². The first-order valence-corrected chi connectivity index (χ1v) is 10.7. The van der Waals surface area contributed by atoms with Crippen LogP contribution >= 0.6 is 11.3 Å². The molecule has 1 aromatic carbocycles. The number of benzene rings is 1. The summed E-state index contributed by atoms with van der Waals surface area (Å²) in [5, 5.41) is 20.8. The molecular weight excluding hydrogens is 356 g/mol. The van der Waals surface area contributed by atoms with Crippen LogP contribution in [0.5, 0.6) is 0 Å². The van der Waals surface area contributed by atoms with Crippen LogP contribution in [0.1, 0.15) is 36.5 Å². The molecule has 0 radical (unpaired) electrons. The molecule has 3 N–H and O–H groups in total. The van der Waals surface area contributed by atoms with Crippen LogP contribution in [0.15, 0.2) is 46.1 Å². The first kappa shape index (κ1) is 19.9. The van der Waals surface area contributed by atoms with E-state index in [4.69, 9.17) is 4.99 Å². The Hall–Kier alpha value is -1.89. The highest BCUT2D eigenvalue weighted by atomic mass is 32.1. The van der Waals surface area contributed by atoms with Gasteiger partial charge in [-0.25, -0.2) is 4.99 Å². The van der Waals surface area contributed by atoms with Crippen LogP contribution in [-0.4, -0.2) is 41.6 Å². The van der Waals surface area contributed by atoms with E-state index in [1.54, 1.807) is 11.3 Å². The average molecular weight is 387 g/mol. The fourth-order valence-corrected chi connectivity index (χ4v) is 4.08. The number of aliphatic hydroxyl groups is 1. The third kappa shape index (κ3) is 6.06. The molecule has 2 heterocycles. The van der Waals surface area contributed by atoms with Gasteiger partial charge in [-0.1, -0.05) is 24.3 Å². The predicted octanol–water partition coefficient (Wildman–Crippen LogP) is 2.96. The second-order valence-electron chi connectivity index (χ2n) is 6.95. The standard InChI is InChI=1S/C21H30N4OS/c1-2-22-21(23-13-18-5-3-4-6-19(18)15-26)24-20-7-10-25(11-8-20)14-17-9-12-27-16-17/h3-6,9,12,16,20,26H,2,7-8,10-11,13-15H2,1H3,(H2,22,23,24). The number of likely N-dealkylation sites (tertiary alicyclic amines) is 1. The van der Waals surface area contributed by atoms with Crippen molar-refractivity contribution in [3.8, 4) is 0 Å². The van der Waals surface area contributed by atoms with Gasteiger partial charge in [0.2, 0.25) is 0 Å². The summed E-state index contributed by atoms with van der Waals surface area (Å²) in [7, 11) is 0. The van der Waals surface area contributed by atoms with Crippen molar-refractivity contribution in [2.45, 2.75) is 45.5 Å². The summed E-state index contributed by atoms with van der Waals surface area (Å²) in [4.78, 5) is 7.27. The Morgan fingerprint density at radius 2 is 2.00 bits per heavy atom. The number of hydrogen-bond donors (Lipinski definition) is 3.